The average molecular weight is 270 g/mol. The van der Waals surface area contributed by atoms with Gasteiger partial charge in [0.15, 0.2) is 0 Å². The minimum atomic E-state index is -0.184. The van der Waals surface area contributed by atoms with E-state index in [2.05, 4.69) is 24.0 Å². The van der Waals surface area contributed by atoms with Crippen LogP contribution < -0.4 is 10.6 Å². The van der Waals surface area contributed by atoms with Crippen molar-refractivity contribution in [3.63, 3.8) is 0 Å². The van der Waals surface area contributed by atoms with E-state index in [1.165, 1.54) is 17.2 Å². The zero-order valence-corrected chi connectivity index (χ0v) is 11.6. The fourth-order valence-electron chi connectivity index (χ4n) is 3.18. The highest BCUT2D eigenvalue weighted by Gasteiger charge is 2.27. The zero-order chi connectivity index (χ0) is 14.1. The van der Waals surface area contributed by atoms with Crippen LogP contribution >= 0.6 is 0 Å². The monoisotopic (exact) mass is 270 g/mol. The third-order valence-electron chi connectivity index (χ3n) is 4.07. The highest BCUT2D eigenvalue weighted by Crippen LogP contribution is 2.38. The summed E-state index contributed by atoms with van der Waals surface area (Å²) < 4.78 is 13.5. The van der Waals surface area contributed by atoms with Crippen LogP contribution in [0.25, 0.3) is 0 Å². The van der Waals surface area contributed by atoms with E-state index in [0.29, 0.717) is 6.04 Å². The first-order valence-electron chi connectivity index (χ1n) is 7.09. The van der Waals surface area contributed by atoms with Gasteiger partial charge in [-0.25, -0.2) is 4.39 Å². The second-order valence-corrected chi connectivity index (χ2v) is 5.28. The maximum absolute atomic E-state index is 13.5. The molecule has 0 spiro atoms. The van der Waals surface area contributed by atoms with E-state index in [1.54, 1.807) is 12.1 Å². The Morgan fingerprint density at radius 1 is 1.25 bits per heavy atom. The Kier molecular flexibility index (Phi) is 3.35. The lowest BCUT2D eigenvalue weighted by Crippen LogP contribution is -2.27. The van der Waals surface area contributed by atoms with Crippen molar-refractivity contribution < 1.29 is 4.39 Å². The molecule has 20 heavy (non-hydrogen) atoms. The van der Waals surface area contributed by atoms with Crippen molar-refractivity contribution in [2.24, 2.45) is 0 Å². The fraction of sp³-hybridized carbons (Fsp3) is 0.294. The smallest absolute Gasteiger partial charge is 0.125 e. The standard InChI is InChI=1S/C17H19FN2/c1-2-20(15-5-3-4-13(18)11-15)17-9-6-12-10-14(19)7-8-16(12)17/h3-5,7-8,10-11,17H,2,6,9,19H2,1H3. The number of hydrogen-bond acceptors (Lipinski definition) is 2. The third kappa shape index (κ3) is 2.24. The highest BCUT2D eigenvalue weighted by atomic mass is 19.1. The Morgan fingerprint density at radius 3 is 2.85 bits per heavy atom. The largest absolute Gasteiger partial charge is 0.399 e. The van der Waals surface area contributed by atoms with Crippen LogP contribution in [0.1, 0.15) is 30.5 Å². The third-order valence-corrected chi connectivity index (χ3v) is 4.07. The van der Waals surface area contributed by atoms with Crippen LogP contribution in [-0.4, -0.2) is 6.54 Å². The summed E-state index contributed by atoms with van der Waals surface area (Å²) in [5, 5.41) is 0. The molecule has 0 saturated heterocycles. The molecule has 3 rings (SSSR count). The maximum Gasteiger partial charge on any atom is 0.125 e. The predicted molar refractivity (Wildman–Crippen MR) is 81.3 cm³/mol. The van der Waals surface area contributed by atoms with Crippen molar-refractivity contribution in [2.45, 2.75) is 25.8 Å². The number of anilines is 2. The quantitative estimate of drug-likeness (QED) is 0.856. The second-order valence-electron chi connectivity index (χ2n) is 5.28. The molecule has 2 nitrogen and oxygen atoms in total. The maximum atomic E-state index is 13.5. The first-order chi connectivity index (χ1) is 9.69. The van der Waals surface area contributed by atoms with E-state index in [-0.39, 0.29) is 5.82 Å². The zero-order valence-electron chi connectivity index (χ0n) is 11.6. The Morgan fingerprint density at radius 2 is 2.10 bits per heavy atom. The van der Waals surface area contributed by atoms with E-state index in [9.17, 15) is 4.39 Å². The summed E-state index contributed by atoms with van der Waals surface area (Å²) in [5.74, 6) is -0.184. The molecule has 104 valence electrons. The van der Waals surface area contributed by atoms with Crippen molar-refractivity contribution in [1.29, 1.82) is 0 Å². The van der Waals surface area contributed by atoms with Crippen LogP contribution in [0.5, 0.6) is 0 Å². The molecular weight excluding hydrogens is 251 g/mol. The summed E-state index contributed by atoms with van der Waals surface area (Å²) in [5.41, 5.74) is 10.3. The lowest BCUT2D eigenvalue weighted by molar-refractivity contribution is 0.610. The highest BCUT2D eigenvalue weighted by molar-refractivity contribution is 5.54. The van der Waals surface area contributed by atoms with Gasteiger partial charge in [0.05, 0.1) is 6.04 Å². The predicted octanol–water partition coefficient (Wildman–Crippen LogP) is 3.92. The number of benzene rings is 2. The number of nitrogens with two attached hydrogens (primary N) is 1. The fourth-order valence-corrected chi connectivity index (χ4v) is 3.18. The van der Waals surface area contributed by atoms with Crippen molar-refractivity contribution >= 4 is 11.4 Å². The summed E-state index contributed by atoms with van der Waals surface area (Å²) in [6.07, 6.45) is 2.10. The number of hydrogen-bond donors (Lipinski definition) is 1. The Labute approximate surface area is 119 Å². The van der Waals surface area contributed by atoms with E-state index in [4.69, 9.17) is 5.73 Å². The topological polar surface area (TPSA) is 29.3 Å². The van der Waals surface area contributed by atoms with E-state index >= 15 is 0 Å². The van der Waals surface area contributed by atoms with Crippen LogP contribution in [0.2, 0.25) is 0 Å². The number of fused-ring (bicyclic) bond motifs is 1. The lowest BCUT2D eigenvalue weighted by Gasteiger charge is -2.31. The van der Waals surface area contributed by atoms with Gasteiger partial charge in [0.1, 0.15) is 5.82 Å². The molecule has 3 heteroatoms. The number of rotatable bonds is 3. The number of halogens is 1. The Bertz CT molecular complexity index is 624. The van der Waals surface area contributed by atoms with Gasteiger partial charge in [0, 0.05) is 17.9 Å². The van der Waals surface area contributed by atoms with Gasteiger partial charge in [0.2, 0.25) is 0 Å². The molecule has 2 aromatic carbocycles. The van der Waals surface area contributed by atoms with Crippen LogP contribution in [0, 0.1) is 5.82 Å². The summed E-state index contributed by atoms with van der Waals surface area (Å²) in [6.45, 7) is 2.97. The van der Waals surface area contributed by atoms with Crippen molar-refractivity contribution in [3.8, 4) is 0 Å². The van der Waals surface area contributed by atoms with Crippen LogP contribution in [0.4, 0.5) is 15.8 Å². The molecule has 1 atom stereocenters. The molecular formula is C17H19FN2. The van der Waals surface area contributed by atoms with Crippen LogP contribution in [-0.2, 0) is 6.42 Å². The van der Waals surface area contributed by atoms with Gasteiger partial charge in [-0.3, -0.25) is 0 Å². The van der Waals surface area contributed by atoms with Gasteiger partial charge in [-0.1, -0.05) is 12.1 Å². The summed E-state index contributed by atoms with van der Waals surface area (Å²) in [7, 11) is 0. The molecule has 0 amide bonds. The van der Waals surface area contributed by atoms with Gasteiger partial charge < -0.3 is 10.6 Å². The SMILES string of the molecule is CCN(c1cccc(F)c1)C1CCc2cc(N)ccc21. The van der Waals surface area contributed by atoms with Crippen molar-refractivity contribution in [2.75, 3.05) is 17.2 Å². The first-order valence-corrected chi connectivity index (χ1v) is 7.09. The van der Waals surface area contributed by atoms with E-state index < -0.39 is 0 Å². The number of aryl methyl sites for hydroxylation is 1. The molecule has 2 N–H and O–H groups in total. The molecule has 0 fully saturated rings. The molecule has 1 aliphatic carbocycles. The molecule has 0 radical (unpaired) electrons. The second kappa shape index (κ2) is 5.16. The normalized spacial score (nSPS) is 17.0. The van der Waals surface area contributed by atoms with Gasteiger partial charge in [-0.05, 0) is 61.2 Å². The van der Waals surface area contributed by atoms with E-state index in [0.717, 1.165) is 30.8 Å². The summed E-state index contributed by atoms with van der Waals surface area (Å²) >= 11 is 0. The molecule has 1 unspecified atom stereocenters. The Balaban J connectivity index is 1.96. The minimum Gasteiger partial charge on any atom is -0.399 e. The molecule has 1 aliphatic rings. The molecule has 0 heterocycles. The van der Waals surface area contributed by atoms with Crippen LogP contribution in [0.15, 0.2) is 42.5 Å². The van der Waals surface area contributed by atoms with Crippen LogP contribution in [0.3, 0.4) is 0 Å². The summed E-state index contributed by atoms with van der Waals surface area (Å²) in [4.78, 5) is 2.27. The van der Waals surface area contributed by atoms with Gasteiger partial charge in [-0.2, -0.15) is 0 Å². The van der Waals surface area contributed by atoms with Crippen molar-refractivity contribution in [1.82, 2.24) is 0 Å². The van der Waals surface area contributed by atoms with Gasteiger partial charge in [0.25, 0.3) is 0 Å². The first kappa shape index (κ1) is 13.0. The molecule has 0 saturated carbocycles. The van der Waals surface area contributed by atoms with Gasteiger partial charge >= 0.3 is 0 Å². The molecule has 0 bridgehead atoms. The van der Waals surface area contributed by atoms with E-state index in [1.807, 2.05) is 12.1 Å². The lowest BCUT2D eigenvalue weighted by atomic mass is 10.1. The average Bonchev–Trinajstić information content (AvgIpc) is 2.83. The van der Waals surface area contributed by atoms with Gasteiger partial charge in [-0.15, -0.1) is 0 Å². The number of nitrogens with zero attached hydrogens (tertiary/aromatic N) is 1. The molecule has 2 aromatic rings. The number of nitrogen functional groups attached to an aromatic ring is 1. The summed E-state index contributed by atoms with van der Waals surface area (Å²) in [6, 6.07) is 13.3. The Hall–Kier alpha value is -2.03. The van der Waals surface area contributed by atoms with Crippen molar-refractivity contribution in [3.05, 3.63) is 59.4 Å². The minimum absolute atomic E-state index is 0.184. The molecule has 0 aliphatic heterocycles. The molecule has 0 aromatic heterocycles.